The van der Waals surface area contributed by atoms with Gasteiger partial charge >= 0.3 is 5.97 Å². The van der Waals surface area contributed by atoms with E-state index in [9.17, 15) is 19.6 Å². The molecule has 0 aliphatic carbocycles. The number of nitrogens with one attached hydrogen (secondary N) is 1. The summed E-state index contributed by atoms with van der Waals surface area (Å²) in [5.41, 5.74) is 2.14. The molecule has 0 bridgehead atoms. The number of nitrogens with zero attached hydrogens (tertiary/aromatic N) is 7. The Balaban J connectivity index is 2.07. The summed E-state index contributed by atoms with van der Waals surface area (Å²) in [5, 5.41) is 17.7. The molecule has 3 heterocycles. The Morgan fingerprint density at radius 2 is 1.98 bits per heavy atom. The highest BCUT2D eigenvalue weighted by atomic mass is 35.5. The number of amides is 1. The number of hydrogen-bond donors (Lipinski definition) is 1. The van der Waals surface area contributed by atoms with Crippen LogP contribution in [0.15, 0.2) is 47.5 Å². The molecule has 13 nitrogen and oxygen atoms in total. The first-order valence-electron chi connectivity index (χ1n) is 13.6. The Bertz CT molecular complexity index is 1790. The molecule has 3 aromatic heterocycles. The number of carbonyl (C=O) groups is 2. The van der Waals surface area contributed by atoms with Crippen molar-refractivity contribution in [2.24, 2.45) is 7.05 Å². The summed E-state index contributed by atoms with van der Waals surface area (Å²) in [6.07, 6.45) is 3.49. The maximum atomic E-state index is 13.5. The zero-order valence-electron chi connectivity index (χ0n) is 25.0. The van der Waals surface area contributed by atoms with Gasteiger partial charge in [0.2, 0.25) is 18.2 Å². The van der Waals surface area contributed by atoms with Crippen LogP contribution in [0.5, 0.6) is 5.88 Å². The molecule has 0 aliphatic heterocycles. The molecule has 4 rings (SSSR count). The molecular weight excluding hydrogens is 588 g/mol. The second-order valence-electron chi connectivity index (χ2n) is 10.0. The monoisotopic (exact) mass is 618 g/mol. The largest absolute Gasteiger partial charge is 0.479 e. The molecule has 1 aromatic carbocycles. The number of esters is 1. The van der Waals surface area contributed by atoms with E-state index in [0.29, 0.717) is 39.5 Å². The fourth-order valence-electron chi connectivity index (χ4n) is 4.68. The molecule has 1 atom stereocenters. The lowest BCUT2D eigenvalue weighted by atomic mass is 9.91. The van der Waals surface area contributed by atoms with Crippen molar-refractivity contribution >= 4 is 35.6 Å². The second-order valence-corrected chi connectivity index (χ2v) is 10.5. The molecule has 1 unspecified atom stereocenters. The quantitative estimate of drug-likeness (QED) is 0.192. The van der Waals surface area contributed by atoms with Gasteiger partial charge in [0.05, 0.1) is 48.3 Å². The third-order valence-corrected chi connectivity index (χ3v) is 6.91. The normalized spacial score (nSPS) is 11.5. The molecule has 0 fully saturated rings. The van der Waals surface area contributed by atoms with Gasteiger partial charge in [0.1, 0.15) is 11.4 Å². The number of pyridine rings is 1. The molecule has 4 aromatic rings. The van der Waals surface area contributed by atoms with Crippen molar-refractivity contribution in [1.29, 1.82) is 5.26 Å². The number of ether oxygens (including phenoxy) is 2. The van der Waals surface area contributed by atoms with Crippen LogP contribution >= 0.6 is 11.6 Å². The van der Waals surface area contributed by atoms with Gasteiger partial charge in [0, 0.05) is 25.9 Å². The highest BCUT2D eigenvalue weighted by molar-refractivity contribution is 6.30. The number of rotatable bonds is 11. The predicted molar refractivity (Wildman–Crippen MR) is 164 cm³/mol. The number of halogens is 1. The van der Waals surface area contributed by atoms with E-state index >= 15 is 0 Å². The van der Waals surface area contributed by atoms with Crippen LogP contribution in [0, 0.1) is 11.3 Å². The summed E-state index contributed by atoms with van der Waals surface area (Å²) in [7, 11) is 4.49. The van der Waals surface area contributed by atoms with E-state index in [0.717, 1.165) is 0 Å². The minimum Gasteiger partial charge on any atom is -0.479 e. The van der Waals surface area contributed by atoms with Crippen molar-refractivity contribution in [2.45, 2.75) is 32.7 Å². The number of carbonyl (C=O) groups excluding carboxylic acids is 2. The number of benzene rings is 1. The summed E-state index contributed by atoms with van der Waals surface area (Å²) < 4.78 is 13.8. The summed E-state index contributed by atoms with van der Waals surface area (Å²) in [6, 6.07) is 9.51. The van der Waals surface area contributed by atoms with Crippen LogP contribution in [-0.4, -0.2) is 57.5 Å². The van der Waals surface area contributed by atoms with Crippen molar-refractivity contribution in [3.8, 4) is 17.6 Å². The Morgan fingerprint density at radius 1 is 1.27 bits per heavy atom. The molecule has 1 N–H and O–H groups in total. The van der Waals surface area contributed by atoms with Gasteiger partial charge < -0.3 is 19.4 Å². The fraction of sp³-hybridized carbons (Fsp3) is 0.300. The Kier molecular flexibility index (Phi) is 9.65. The smallest absolute Gasteiger partial charge is 0.359 e. The van der Waals surface area contributed by atoms with E-state index in [1.165, 1.54) is 46.8 Å². The van der Waals surface area contributed by atoms with Gasteiger partial charge in [0.15, 0.2) is 5.69 Å². The van der Waals surface area contributed by atoms with E-state index in [4.69, 9.17) is 26.2 Å². The number of aromatic nitrogens is 5. The van der Waals surface area contributed by atoms with Crippen molar-refractivity contribution in [3.05, 3.63) is 86.2 Å². The van der Waals surface area contributed by atoms with E-state index < -0.39 is 12.0 Å². The lowest BCUT2D eigenvalue weighted by Crippen LogP contribution is -2.25. The molecule has 1 amide bonds. The second kappa shape index (κ2) is 13.4. The zero-order valence-corrected chi connectivity index (χ0v) is 25.8. The van der Waals surface area contributed by atoms with Gasteiger partial charge in [-0.05, 0) is 36.6 Å². The van der Waals surface area contributed by atoms with Gasteiger partial charge in [-0.15, -0.1) is 0 Å². The van der Waals surface area contributed by atoms with Crippen molar-refractivity contribution in [3.63, 3.8) is 0 Å². The van der Waals surface area contributed by atoms with Gasteiger partial charge in [-0.3, -0.25) is 14.5 Å². The molecule has 0 spiro atoms. The molecule has 0 saturated carbocycles. The highest BCUT2D eigenvalue weighted by Gasteiger charge is 2.34. The first-order valence-corrected chi connectivity index (χ1v) is 13.9. The minimum atomic E-state index is -0.841. The average Bonchev–Trinajstić information content (AvgIpc) is 3.42. The lowest BCUT2D eigenvalue weighted by molar-refractivity contribution is -0.107. The number of methoxy groups -OCH3 is 1. The molecule has 0 aliphatic rings. The first kappa shape index (κ1) is 31.7. The van der Waals surface area contributed by atoms with E-state index in [2.05, 4.69) is 21.4 Å². The van der Waals surface area contributed by atoms with E-state index in [-0.39, 0.29) is 41.3 Å². The van der Waals surface area contributed by atoms with E-state index in [1.807, 2.05) is 13.8 Å². The van der Waals surface area contributed by atoms with Gasteiger partial charge in [-0.1, -0.05) is 37.6 Å². The van der Waals surface area contributed by atoms with Crippen LogP contribution in [0.2, 0.25) is 5.02 Å². The number of nitriles is 1. The van der Waals surface area contributed by atoms with Crippen LogP contribution in [0.4, 0.5) is 11.6 Å². The summed E-state index contributed by atoms with van der Waals surface area (Å²) >= 11 is 6.33. The third-order valence-electron chi connectivity index (χ3n) is 6.70. The number of anilines is 2. The average molecular weight is 619 g/mol. The SMILES string of the molecule is CCOC(=O)c1nn(-c2cnc(N(C)C=O)nc2OC)c(C(C)C)c1C(Nc1cc(Cl)cn(C)c1=O)c1ccc(C#N)cc1. The summed E-state index contributed by atoms with van der Waals surface area (Å²) in [5.74, 6) is -0.757. The maximum Gasteiger partial charge on any atom is 0.359 e. The van der Waals surface area contributed by atoms with Crippen LogP contribution in [0.1, 0.15) is 65.6 Å². The van der Waals surface area contributed by atoms with Crippen molar-refractivity contribution in [2.75, 3.05) is 31.0 Å². The Labute approximate surface area is 258 Å². The van der Waals surface area contributed by atoms with Gasteiger partial charge in [-0.25, -0.2) is 14.5 Å². The van der Waals surface area contributed by atoms with Crippen LogP contribution in [-0.2, 0) is 16.6 Å². The summed E-state index contributed by atoms with van der Waals surface area (Å²) in [4.78, 5) is 47.9. The molecular formula is C30H31ClN8O5. The van der Waals surface area contributed by atoms with Gasteiger partial charge in [0.25, 0.3) is 5.56 Å². The first-order chi connectivity index (χ1) is 21.0. The predicted octanol–water partition coefficient (Wildman–Crippen LogP) is 3.99. The lowest BCUT2D eigenvalue weighted by Gasteiger charge is -2.24. The summed E-state index contributed by atoms with van der Waals surface area (Å²) in [6.45, 7) is 5.61. The van der Waals surface area contributed by atoms with Crippen molar-refractivity contribution in [1.82, 2.24) is 24.3 Å². The molecule has 44 heavy (non-hydrogen) atoms. The Hall–Kier alpha value is -5.22. The fourth-order valence-corrected chi connectivity index (χ4v) is 4.94. The number of aryl methyl sites for hydroxylation is 1. The number of hydrogen-bond acceptors (Lipinski definition) is 10. The third kappa shape index (κ3) is 6.25. The van der Waals surface area contributed by atoms with Crippen LogP contribution in [0.25, 0.3) is 5.69 Å². The highest BCUT2D eigenvalue weighted by Crippen LogP contribution is 2.38. The van der Waals surface area contributed by atoms with Crippen LogP contribution < -0.4 is 20.5 Å². The minimum absolute atomic E-state index is 0.0209. The molecule has 0 saturated heterocycles. The standard InChI is InChI=1S/C30H31ClN8O5/c1-7-44-29(42)25-23(26(17(2)3)39(36-25)22-14-33-30(38(5)16-40)35-27(22)43-6)24(19-10-8-18(13-32)9-11-19)34-21-12-20(31)15-37(4)28(21)41/h8-12,14-17,24,34H,7H2,1-6H3. The van der Waals surface area contributed by atoms with Crippen LogP contribution in [0.3, 0.4) is 0 Å². The topological polar surface area (TPSA) is 157 Å². The molecule has 228 valence electrons. The van der Waals surface area contributed by atoms with Gasteiger partial charge in [-0.2, -0.15) is 15.3 Å². The van der Waals surface area contributed by atoms with E-state index in [1.54, 1.807) is 38.2 Å². The maximum absolute atomic E-state index is 13.5. The zero-order chi connectivity index (χ0) is 32.1. The molecule has 0 radical (unpaired) electrons. The Morgan fingerprint density at radius 3 is 2.57 bits per heavy atom. The van der Waals surface area contributed by atoms with Crippen molar-refractivity contribution < 1.29 is 19.1 Å². The molecule has 14 heteroatoms.